The van der Waals surface area contributed by atoms with E-state index in [0.717, 1.165) is 90.7 Å². The largest absolute Gasteiger partial charge is 0.508 e. The summed E-state index contributed by atoms with van der Waals surface area (Å²) in [5.41, 5.74) is 12.3. The van der Waals surface area contributed by atoms with E-state index in [1.807, 2.05) is 113 Å². The minimum atomic E-state index is -0.667. The minimum absolute atomic E-state index is 0.0326. The van der Waals surface area contributed by atoms with Crippen LogP contribution in [0.4, 0.5) is 0 Å². The molecule has 0 unspecified atom stereocenters. The molecule has 0 amide bonds. The van der Waals surface area contributed by atoms with Crippen molar-refractivity contribution in [3.8, 4) is 69.0 Å². The summed E-state index contributed by atoms with van der Waals surface area (Å²) in [7, 11) is 6.11. The van der Waals surface area contributed by atoms with Gasteiger partial charge < -0.3 is 88.2 Å². The number of fused-ring (bicyclic) bond motifs is 2. The summed E-state index contributed by atoms with van der Waals surface area (Å²) in [5, 5.41) is 84.1. The van der Waals surface area contributed by atoms with Crippen LogP contribution in [0.2, 0.25) is 0 Å². The molecule has 0 bridgehead atoms. The molecule has 8 aliphatic rings. The average molecular weight is 1330 g/mol. The second kappa shape index (κ2) is 24.2. The number of aromatic hydroxyl groups is 8. The molecular formula is C80H80O18. The van der Waals surface area contributed by atoms with Gasteiger partial charge in [0.2, 0.25) is 0 Å². The van der Waals surface area contributed by atoms with E-state index in [0.29, 0.717) is 61.9 Å². The van der Waals surface area contributed by atoms with Gasteiger partial charge in [0.25, 0.3) is 0 Å². The number of benzene rings is 8. The second-order valence-electron chi connectivity index (χ2n) is 27.6. The fraction of sp³-hybridized carbons (Fsp3) is 0.350. The van der Waals surface area contributed by atoms with Gasteiger partial charge in [-0.2, -0.15) is 0 Å². The summed E-state index contributed by atoms with van der Waals surface area (Å²) in [6.45, 7) is 8.50. The number of hydrogen-bond acceptors (Lipinski definition) is 18. The van der Waals surface area contributed by atoms with E-state index in [-0.39, 0.29) is 58.2 Å². The highest BCUT2D eigenvalue weighted by atomic mass is 16.7. The Kier molecular flexibility index (Phi) is 16.0. The van der Waals surface area contributed by atoms with Crippen LogP contribution in [0.1, 0.15) is 154 Å². The van der Waals surface area contributed by atoms with Crippen LogP contribution in [0.3, 0.4) is 0 Å². The van der Waals surface area contributed by atoms with E-state index in [9.17, 15) is 40.9 Å². The van der Waals surface area contributed by atoms with E-state index in [1.165, 1.54) is 39.6 Å². The fourth-order valence-corrected chi connectivity index (χ4v) is 17.2. The Bertz CT molecular complexity index is 4280. The SMILES string of the molecule is COc1ccc([C@@H]2O[C@H](c3ccc(O)c(C)c3)[C@]3(CO3)[C@@]23CCC2=C(C3)[C@@H](c3ccc(O)c(OC)c3)O[C@H]2c2ccc(O)c(C)c2)cc1O.COc1ccc([C@@H]2O[C@H](c3ccc(O)c(C)c3)[C@]3(CO3)[C@]23CCC2=C(C3)[C@@H](c3ccc(O)c(OC)c3)O[C@H]2c2ccc(O)c(C)c2)cc1O. The number of phenols is 8. The minimum Gasteiger partial charge on any atom is -0.508 e. The van der Waals surface area contributed by atoms with Gasteiger partial charge in [-0.05, 0) is 252 Å². The molecule has 2 aliphatic carbocycles. The number of methoxy groups -OCH3 is 4. The van der Waals surface area contributed by atoms with Crippen LogP contribution in [-0.4, -0.2) is 93.7 Å². The van der Waals surface area contributed by atoms with Gasteiger partial charge in [0.15, 0.2) is 46.0 Å². The van der Waals surface area contributed by atoms with Crippen LogP contribution < -0.4 is 18.9 Å². The van der Waals surface area contributed by atoms with Gasteiger partial charge in [0, 0.05) is 10.8 Å². The zero-order valence-electron chi connectivity index (χ0n) is 55.8. The van der Waals surface area contributed by atoms with E-state index < -0.39 is 58.7 Å². The average Bonchev–Trinajstić information content (AvgIpc) is 1.51. The second-order valence-corrected chi connectivity index (χ2v) is 27.6. The standard InChI is InChI=1S/2C40H40O9/c2*1-21-15-23(5-9-29(21)41)35-27-13-14-39(19-28(27)36(48-35)24-6-11-31(43)34(18-24)46-4)37(26-8-12-33(45-3)32(44)17-26)49-38(40(39)20-47-40)25-7-10-30(42)22(2)16-25/h2*5-12,15-18,35-38,41-44H,13-14,19-20H2,1-4H3/t35-,36+,37-,38+,39+,40+;35-,36+,37-,38+,39-,40+/m00/s1. The van der Waals surface area contributed by atoms with Crippen LogP contribution in [0, 0.1) is 38.5 Å². The lowest BCUT2D eigenvalue weighted by atomic mass is 9.59. The summed E-state index contributed by atoms with van der Waals surface area (Å²) in [4.78, 5) is 0. The highest BCUT2D eigenvalue weighted by molar-refractivity contribution is 5.55. The summed E-state index contributed by atoms with van der Waals surface area (Å²) >= 11 is 0. The molecule has 0 aromatic heterocycles. The quantitative estimate of drug-likeness (QED) is 0.0418. The molecule has 18 nitrogen and oxygen atoms in total. The molecule has 4 spiro atoms. The number of epoxide rings is 2. The van der Waals surface area contributed by atoms with Gasteiger partial charge in [0.05, 0.1) is 53.9 Å². The highest BCUT2D eigenvalue weighted by Crippen LogP contribution is 2.76. The molecule has 508 valence electrons. The zero-order chi connectivity index (χ0) is 68.5. The van der Waals surface area contributed by atoms with E-state index in [1.54, 1.807) is 60.7 Å². The van der Waals surface area contributed by atoms with Crippen molar-refractivity contribution < 1.29 is 88.2 Å². The first-order valence-electron chi connectivity index (χ1n) is 33.2. The van der Waals surface area contributed by atoms with Crippen molar-refractivity contribution in [3.63, 3.8) is 0 Å². The van der Waals surface area contributed by atoms with Gasteiger partial charge >= 0.3 is 0 Å². The molecule has 0 saturated carbocycles. The number of hydrogen-bond donors (Lipinski definition) is 8. The van der Waals surface area contributed by atoms with Crippen LogP contribution in [0.5, 0.6) is 69.0 Å². The molecule has 6 heterocycles. The third-order valence-corrected chi connectivity index (χ3v) is 22.4. The van der Waals surface area contributed by atoms with E-state index >= 15 is 0 Å². The van der Waals surface area contributed by atoms with Crippen molar-refractivity contribution >= 4 is 0 Å². The number of rotatable bonds is 12. The maximum absolute atomic E-state index is 10.9. The first-order valence-corrected chi connectivity index (χ1v) is 33.2. The number of aryl methyl sites for hydroxylation is 4. The molecule has 8 aromatic rings. The molecule has 4 saturated heterocycles. The van der Waals surface area contributed by atoms with Gasteiger partial charge in [-0.25, -0.2) is 0 Å². The van der Waals surface area contributed by atoms with Crippen molar-refractivity contribution in [2.45, 2.75) is 126 Å². The van der Waals surface area contributed by atoms with Gasteiger partial charge in [-0.15, -0.1) is 0 Å². The Morgan fingerprint density at radius 3 is 0.908 bits per heavy atom. The van der Waals surface area contributed by atoms with Crippen molar-refractivity contribution in [1.29, 1.82) is 0 Å². The first kappa shape index (κ1) is 64.6. The van der Waals surface area contributed by atoms with Crippen molar-refractivity contribution in [2.75, 3.05) is 41.7 Å². The van der Waals surface area contributed by atoms with Gasteiger partial charge in [-0.3, -0.25) is 0 Å². The summed E-state index contributed by atoms with van der Waals surface area (Å²) < 4.78 is 63.1. The molecular weight excluding hydrogens is 1250 g/mol. The van der Waals surface area contributed by atoms with Crippen molar-refractivity contribution in [2.24, 2.45) is 10.8 Å². The third kappa shape index (κ3) is 10.3. The Morgan fingerprint density at radius 2 is 0.592 bits per heavy atom. The topological polar surface area (TPSA) is 261 Å². The third-order valence-electron chi connectivity index (χ3n) is 22.4. The van der Waals surface area contributed by atoms with Crippen molar-refractivity contribution in [3.05, 3.63) is 235 Å². The van der Waals surface area contributed by atoms with Gasteiger partial charge in [0.1, 0.15) is 70.8 Å². The van der Waals surface area contributed by atoms with Crippen LogP contribution >= 0.6 is 0 Å². The normalized spacial score (nSPS) is 28.7. The van der Waals surface area contributed by atoms with Crippen LogP contribution in [0.15, 0.2) is 168 Å². The molecule has 8 N–H and O–H groups in total. The smallest absolute Gasteiger partial charge is 0.160 e. The Morgan fingerprint density at radius 1 is 0.306 bits per heavy atom. The van der Waals surface area contributed by atoms with Gasteiger partial charge in [-0.1, -0.05) is 48.5 Å². The lowest BCUT2D eigenvalue weighted by Gasteiger charge is -2.42. The molecule has 12 atom stereocenters. The maximum atomic E-state index is 10.9. The molecule has 6 aliphatic heterocycles. The summed E-state index contributed by atoms with van der Waals surface area (Å²) in [6.07, 6.45) is 0.745. The van der Waals surface area contributed by atoms with Crippen LogP contribution in [-0.2, 0) is 28.4 Å². The van der Waals surface area contributed by atoms with Crippen molar-refractivity contribution in [1.82, 2.24) is 0 Å². The number of ether oxygens (including phenoxy) is 10. The molecule has 16 rings (SSSR count). The Labute approximate surface area is 568 Å². The number of phenolic OH excluding ortho intramolecular Hbond substituents is 8. The predicted molar refractivity (Wildman–Crippen MR) is 360 cm³/mol. The summed E-state index contributed by atoms with van der Waals surface area (Å²) in [5.74, 6) is 2.54. The maximum Gasteiger partial charge on any atom is 0.160 e. The van der Waals surface area contributed by atoms with Crippen LogP contribution in [0.25, 0.3) is 0 Å². The molecule has 0 radical (unpaired) electrons. The van der Waals surface area contributed by atoms with E-state index in [2.05, 4.69) is 0 Å². The highest BCUT2D eigenvalue weighted by Gasteiger charge is 2.77. The predicted octanol–water partition coefficient (Wildman–Crippen LogP) is 15.4. The molecule has 4 fully saturated rings. The molecule has 18 heteroatoms. The Hall–Kier alpha value is -9.40. The lowest BCUT2D eigenvalue weighted by molar-refractivity contribution is 0.00311. The Balaban J connectivity index is 0.000000160. The van der Waals surface area contributed by atoms with E-state index in [4.69, 9.17) is 47.4 Å². The zero-order valence-corrected chi connectivity index (χ0v) is 55.8. The molecule has 98 heavy (non-hydrogen) atoms. The molecule has 8 aromatic carbocycles. The first-order chi connectivity index (χ1) is 47.2. The monoisotopic (exact) mass is 1330 g/mol. The fourth-order valence-electron chi connectivity index (χ4n) is 17.2. The lowest BCUT2D eigenvalue weighted by Crippen LogP contribution is -2.42. The summed E-state index contributed by atoms with van der Waals surface area (Å²) in [6, 6.07) is 43.9.